The van der Waals surface area contributed by atoms with E-state index in [4.69, 9.17) is 6.85 Å². The number of para-hydroxylation sites is 1. The van der Waals surface area contributed by atoms with Crippen LogP contribution < -0.4 is 4.90 Å². The molecule has 0 atom stereocenters. The van der Waals surface area contributed by atoms with Crippen molar-refractivity contribution in [1.29, 1.82) is 0 Å². The van der Waals surface area contributed by atoms with Crippen molar-refractivity contribution in [3.05, 3.63) is 176 Å². The van der Waals surface area contributed by atoms with Crippen molar-refractivity contribution in [1.82, 2.24) is 0 Å². The molecule has 46 heavy (non-hydrogen) atoms. The SMILES string of the molecule is [2H]c1c([2H])c([2H])c(N(c2cccc(-c3ccccc3)c2)c2ccc3sc4cccc(-c5ccc6c(ccc7ccccc76)c5)c4c3c2)c([2H])c1[2H]. The molecule has 1 aromatic heterocycles. The molecule has 1 nitrogen and oxygen atoms in total. The van der Waals surface area contributed by atoms with E-state index in [0.29, 0.717) is 11.4 Å². The first-order valence-electron chi connectivity index (χ1n) is 17.8. The average molecular weight is 609 g/mol. The molecule has 8 aromatic carbocycles. The molecular formula is C44H29NS. The molecule has 0 aliphatic heterocycles. The summed E-state index contributed by atoms with van der Waals surface area (Å²) in [6, 6.07) is 48.3. The lowest BCUT2D eigenvalue weighted by atomic mass is 9.95. The molecule has 0 radical (unpaired) electrons. The second-order valence-electron chi connectivity index (χ2n) is 11.4. The Morgan fingerprint density at radius 2 is 1.20 bits per heavy atom. The van der Waals surface area contributed by atoms with Gasteiger partial charge in [-0.2, -0.15) is 0 Å². The van der Waals surface area contributed by atoms with Crippen LogP contribution in [-0.4, -0.2) is 0 Å². The van der Waals surface area contributed by atoms with E-state index in [2.05, 4.69) is 84.9 Å². The lowest BCUT2D eigenvalue weighted by molar-refractivity contribution is 1.29. The van der Waals surface area contributed by atoms with Crippen LogP contribution in [0.25, 0.3) is 64.0 Å². The number of hydrogen-bond donors (Lipinski definition) is 0. The highest BCUT2D eigenvalue weighted by molar-refractivity contribution is 7.26. The van der Waals surface area contributed by atoms with E-state index in [1.165, 1.54) is 21.5 Å². The molecule has 1 heterocycles. The van der Waals surface area contributed by atoms with Crippen molar-refractivity contribution >= 4 is 70.1 Å². The van der Waals surface area contributed by atoms with E-state index in [1.54, 1.807) is 16.2 Å². The summed E-state index contributed by atoms with van der Waals surface area (Å²) >= 11 is 1.72. The molecule has 0 unspecified atom stereocenters. The number of hydrogen-bond acceptors (Lipinski definition) is 2. The van der Waals surface area contributed by atoms with Gasteiger partial charge in [-0.1, -0.05) is 121 Å². The van der Waals surface area contributed by atoms with Gasteiger partial charge in [0.05, 0.1) is 6.85 Å². The lowest BCUT2D eigenvalue weighted by Gasteiger charge is -2.26. The normalized spacial score (nSPS) is 13.0. The van der Waals surface area contributed by atoms with Gasteiger partial charge in [-0.3, -0.25) is 0 Å². The first-order valence-corrected chi connectivity index (χ1v) is 16.1. The zero-order chi connectivity index (χ0) is 34.8. The quantitative estimate of drug-likeness (QED) is 0.176. The Morgan fingerprint density at radius 1 is 0.435 bits per heavy atom. The third kappa shape index (κ3) is 4.54. The molecule has 0 spiro atoms. The number of anilines is 3. The Labute approximate surface area is 279 Å². The van der Waals surface area contributed by atoms with Crippen molar-refractivity contribution in [3.8, 4) is 22.3 Å². The molecule has 9 aromatic rings. The number of nitrogens with zero attached hydrogens (tertiary/aromatic N) is 1. The van der Waals surface area contributed by atoms with Crippen molar-refractivity contribution in [2.24, 2.45) is 0 Å². The summed E-state index contributed by atoms with van der Waals surface area (Å²) in [4.78, 5) is 1.80. The largest absolute Gasteiger partial charge is 0.310 e. The molecule has 9 rings (SSSR count). The first kappa shape index (κ1) is 21.9. The smallest absolute Gasteiger partial charge is 0.0645 e. The van der Waals surface area contributed by atoms with Crippen LogP contribution >= 0.6 is 11.3 Å². The molecule has 0 aliphatic rings. The second kappa shape index (κ2) is 11.0. The molecule has 216 valence electrons. The molecule has 0 N–H and O–H groups in total. The van der Waals surface area contributed by atoms with E-state index in [-0.39, 0.29) is 29.9 Å². The maximum Gasteiger partial charge on any atom is 0.0645 e. The maximum atomic E-state index is 9.00. The van der Waals surface area contributed by atoms with Crippen LogP contribution in [-0.2, 0) is 0 Å². The van der Waals surface area contributed by atoms with Gasteiger partial charge in [0.2, 0.25) is 0 Å². The topological polar surface area (TPSA) is 3.24 Å². The van der Waals surface area contributed by atoms with Crippen LogP contribution in [0, 0.1) is 0 Å². The van der Waals surface area contributed by atoms with Gasteiger partial charge in [-0.25, -0.2) is 0 Å². The second-order valence-corrected chi connectivity index (χ2v) is 12.5. The van der Waals surface area contributed by atoms with Gasteiger partial charge in [0, 0.05) is 37.2 Å². The third-order valence-electron chi connectivity index (χ3n) is 8.71. The minimum absolute atomic E-state index is 0.104. The van der Waals surface area contributed by atoms with E-state index in [1.807, 2.05) is 60.7 Å². The predicted molar refractivity (Wildman–Crippen MR) is 200 cm³/mol. The molecule has 0 bridgehead atoms. The number of rotatable bonds is 5. The summed E-state index contributed by atoms with van der Waals surface area (Å²) < 4.78 is 45.6. The fourth-order valence-electron chi connectivity index (χ4n) is 6.59. The molecule has 0 amide bonds. The summed E-state index contributed by atoms with van der Waals surface area (Å²) in [5.74, 6) is 0. The summed E-state index contributed by atoms with van der Waals surface area (Å²) in [5, 5.41) is 7.00. The van der Waals surface area contributed by atoms with Crippen molar-refractivity contribution in [2.75, 3.05) is 4.90 Å². The van der Waals surface area contributed by atoms with Crippen LogP contribution in [0.4, 0.5) is 17.1 Å². The Balaban J connectivity index is 1.27. The lowest BCUT2D eigenvalue weighted by Crippen LogP contribution is -2.09. The van der Waals surface area contributed by atoms with Crippen molar-refractivity contribution in [2.45, 2.75) is 0 Å². The molecule has 0 saturated heterocycles. The molecule has 0 aliphatic carbocycles. The van der Waals surface area contributed by atoms with Gasteiger partial charge >= 0.3 is 0 Å². The number of thiophene rings is 1. The number of fused-ring (bicyclic) bond motifs is 6. The first-order chi connectivity index (χ1) is 24.9. The third-order valence-corrected chi connectivity index (χ3v) is 9.85. The van der Waals surface area contributed by atoms with Gasteiger partial charge in [-0.05, 0) is 98.3 Å². The van der Waals surface area contributed by atoms with Gasteiger partial charge in [0.1, 0.15) is 0 Å². The minimum Gasteiger partial charge on any atom is -0.310 e. The fraction of sp³-hybridized carbons (Fsp3) is 0. The highest BCUT2D eigenvalue weighted by Crippen LogP contribution is 2.44. The van der Waals surface area contributed by atoms with E-state index in [0.717, 1.165) is 42.4 Å². The molecule has 0 saturated carbocycles. The van der Waals surface area contributed by atoms with Crippen LogP contribution in [0.15, 0.2) is 176 Å². The molecular weight excluding hydrogens is 575 g/mol. The van der Waals surface area contributed by atoms with E-state index < -0.39 is 6.04 Å². The maximum absolute atomic E-state index is 9.00. The van der Waals surface area contributed by atoms with E-state index in [9.17, 15) is 0 Å². The minimum atomic E-state index is -0.418. The zero-order valence-corrected chi connectivity index (χ0v) is 25.5. The highest BCUT2D eigenvalue weighted by atomic mass is 32.1. The monoisotopic (exact) mass is 608 g/mol. The van der Waals surface area contributed by atoms with Gasteiger partial charge in [-0.15, -0.1) is 11.3 Å². The summed E-state index contributed by atoms with van der Waals surface area (Å²) in [7, 11) is 0. The molecule has 2 heteroatoms. The van der Waals surface area contributed by atoms with Gasteiger partial charge < -0.3 is 4.90 Å². The Hall–Kier alpha value is -5.70. The Kier molecular flexibility index (Phi) is 5.25. The fourth-order valence-corrected chi connectivity index (χ4v) is 7.71. The number of benzene rings is 8. The van der Waals surface area contributed by atoms with Crippen LogP contribution in [0.5, 0.6) is 0 Å². The summed E-state index contributed by atoms with van der Waals surface area (Å²) in [6.45, 7) is 0. The standard InChI is InChI=1S/C44H29NS/c1-3-11-30(12-4-1)32-14-9-17-36(28-32)45(35-15-5-2-6-16-35)37-24-26-42-41(29-37)44-40(19-10-20-43(44)46-42)34-23-25-39-33(27-34)22-21-31-13-7-8-18-38(31)39/h1-29H/i2D,5D,6D,15D,16D. The highest BCUT2D eigenvalue weighted by Gasteiger charge is 2.17. The summed E-state index contributed by atoms with van der Waals surface area (Å²) in [6.07, 6.45) is 0. The van der Waals surface area contributed by atoms with Gasteiger partial charge in [0.25, 0.3) is 0 Å². The predicted octanol–water partition coefficient (Wildman–Crippen LogP) is 13.2. The van der Waals surface area contributed by atoms with Crippen molar-refractivity contribution in [3.63, 3.8) is 0 Å². The van der Waals surface area contributed by atoms with Crippen molar-refractivity contribution < 1.29 is 6.85 Å². The van der Waals surface area contributed by atoms with Gasteiger partial charge in [0.15, 0.2) is 0 Å². The van der Waals surface area contributed by atoms with Crippen LogP contribution in [0.2, 0.25) is 0 Å². The Bertz CT molecular complexity index is 2800. The van der Waals surface area contributed by atoms with Crippen LogP contribution in [0.1, 0.15) is 6.85 Å². The molecule has 0 fully saturated rings. The Morgan fingerprint density at radius 3 is 2.11 bits per heavy atom. The zero-order valence-electron chi connectivity index (χ0n) is 29.7. The van der Waals surface area contributed by atoms with Crippen LogP contribution in [0.3, 0.4) is 0 Å². The average Bonchev–Trinajstić information content (AvgIpc) is 3.56. The van der Waals surface area contributed by atoms with E-state index >= 15 is 0 Å². The summed E-state index contributed by atoms with van der Waals surface area (Å²) in [5.41, 5.74) is 5.71.